The van der Waals surface area contributed by atoms with E-state index in [2.05, 4.69) is 4.98 Å². The van der Waals surface area contributed by atoms with Gasteiger partial charge in [-0.25, -0.2) is 0 Å². The van der Waals surface area contributed by atoms with Crippen LogP contribution in [0.4, 0.5) is 0 Å². The van der Waals surface area contributed by atoms with E-state index in [1.54, 1.807) is 36.7 Å². The highest BCUT2D eigenvalue weighted by Crippen LogP contribution is 2.11. The van der Waals surface area contributed by atoms with Gasteiger partial charge in [0.05, 0.1) is 0 Å². The molecule has 0 amide bonds. The molecule has 0 spiro atoms. The van der Waals surface area contributed by atoms with Crippen LogP contribution in [0.15, 0.2) is 48.8 Å². The number of benzene rings is 1. The van der Waals surface area contributed by atoms with Crippen molar-refractivity contribution in [2.45, 2.75) is 12.8 Å². The monoisotopic (exact) mass is 289 g/mol. The number of halogens is 1. The third-order valence-electron chi connectivity index (χ3n) is 2.88. The van der Waals surface area contributed by atoms with Crippen molar-refractivity contribution in [2.24, 2.45) is 0 Å². The first-order chi connectivity index (χ1) is 9.75. The number of hydrogen-bond acceptors (Lipinski definition) is 3. The third-order valence-corrected chi connectivity index (χ3v) is 3.12. The van der Waals surface area contributed by atoms with Crippen molar-refractivity contribution in [3.8, 4) is 0 Å². The van der Waals surface area contributed by atoms with Gasteiger partial charge in [0.1, 0.15) is 6.61 Å². The van der Waals surface area contributed by atoms with Crippen LogP contribution in [0.3, 0.4) is 0 Å². The molecule has 20 heavy (non-hydrogen) atoms. The normalized spacial score (nSPS) is 10.4. The lowest BCUT2D eigenvalue weighted by Crippen LogP contribution is -2.10. The van der Waals surface area contributed by atoms with E-state index in [4.69, 9.17) is 16.3 Å². The summed E-state index contributed by atoms with van der Waals surface area (Å²) in [5.74, 6) is -0.0450. The van der Waals surface area contributed by atoms with Gasteiger partial charge in [-0.2, -0.15) is 0 Å². The number of carbonyl (C=O) groups is 1. The number of aromatic nitrogens is 1. The molecule has 3 nitrogen and oxygen atoms in total. The van der Waals surface area contributed by atoms with Crippen molar-refractivity contribution < 1.29 is 9.53 Å². The molecule has 1 aromatic heterocycles. The van der Waals surface area contributed by atoms with Crippen LogP contribution in [0, 0.1) is 0 Å². The van der Waals surface area contributed by atoms with Crippen molar-refractivity contribution in [3.63, 3.8) is 0 Å². The van der Waals surface area contributed by atoms with E-state index in [1.807, 2.05) is 12.1 Å². The molecule has 0 aliphatic heterocycles. The predicted molar refractivity (Wildman–Crippen MR) is 79.2 cm³/mol. The number of Topliss-reactive ketones (excluding diaryl/α,β-unsaturated/α-hetero) is 1. The molecular weight excluding hydrogens is 274 g/mol. The molecule has 4 heteroatoms. The summed E-state index contributed by atoms with van der Waals surface area (Å²) in [5, 5.41) is 0.563. The maximum Gasteiger partial charge on any atom is 0.188 e. The van der Waals surface area contributed by atoms with E-state index in [0.717, 1.165) is 12.8 Å². The summed E-state index contributed by atoms with van der Waals surface area (Å²) >= 11 is 5.84. The molecule has 0 saturated heterocycles. The maximum atomic E-state index is 11.8. The summed E-state index contributed by atoms with van der Waals surface area (Å²) in [6.07, 6.45) is 5.36. The number of nitrogens with zero attached hydrogens (tertiary/aromatic N) is 1. The lowest BCUT2D eigenvalue weighted by atomic mass is 10.1. The Kier molecular flexibility index (Phi) is 5.71. The zero-order valence-corrected chi connectivity index (χ0v) is 11.8. The summed E-state index contributed by atoms with van der Waals surface area (Å²) in [5.41, 5.74) is 1.82. The number of ketones is 1. The van der Waals surface area contributed by atoms with Gasteiger partial charge in [0.25, 0.3) is 0 Å². The smallest absolute Gasteiger partial charge is 0.188 e. The van der Waals surface area contributed by atoms with Gasteiger partial charge >= 0.3 is 0 Å². The van der Waals surface area contributed by atoms with Crippen LogP contribution < -0.4 is 0 Å². The van der Waals surface area contributed by atoms with Gasteiger partial charge in [0, 0.05) is 29.6 Å². The molecule has 0 atom stereocenters. The van der Waals surface area contributed by atoms with Crippen LogP contribution in [0.25, 0.3) is 0 Å². The zero-order valence-electron chi connectivity index (χ0n) is 11.1. The first-order valence-corrected chi connectivity index (χ1v) is 6.89. The highest BCUT2D eigenvalue weighted by atomic mass is 35.5. The second kappa shape index (κ2) is 7.78. The molecule has 0 aliphatic carbocycles. The predicted octanol–water partition coefficient (Wildman–Crippen LogP) is 3.57. The molecule has 1 aromatic carbocycles. The second-order valence-electron chi connectivity index (χ2n) is 4.45. The summed E-state index contributed by atoms with van der Waals surface area (Å²) in [6.45, 7) is 0.658. The van der Waals surface area contributed by atoms with E-state index >= 15 is 0 Å². The first kappa shape index (κ1) is 14.7. The largest absolute Gasteiger partial charge is 0.373 e. The zero-order chi connectivity index (χ0) is 14.2. The molecule has 104 valence electrons. The van der Waals surface area contributed by atoms with Gasteiger partial charge < -0.3 is 4.74 Å². The van der Waals surface area contributed by atoms with Crippen LogP contribution in [0.5, 0.6) is 0 Å². The minimum absolute atomic E-state index is 0.0450. The third kappa shape index (κ3) is 4.76. The Balaban J connectivity index is 1.67. The molecule has 1 heterocycles. The topological polar surface area (TPSA) is 39.2 Å². The average Bonchev–Trinajstić information content (AvgIpc) is 2.48. The number of ether oxygens (including phenoxy) is 1. The molecular formula is C16H16ClNO2. The van der Waals surface area contributed by atoms with Gasteiger partial charge in [-0.1, -0.05) is 23.7 Å². The Hall–Kier alpha value is -1.71. The summed E-state index contributed by atoms with van der Waals surface area (Å²) < 4.78 is 5.40. The maximum absolute atomic E-state index is 11.8. The molecule has 0 bridgehead atoms. The van der Waals surface area contributed by atoms with Gasteiger partial charge in [0.2, 0.25) is 0 Å². The molecule has 0 aliphatic rings. The van der Waals surface area contributed by atoms with Crippen molar-refractivity contribution in [3.05, 3.63) is 64.9 Å². The Morgan fingerprint density at radius 1 is 1.20 bits per heavy atom. The number of rotatable bonds is 7. The van der Waals surface area contributed by atoms with Crippen molar-refractivity contribution in [1.82, 2.24) is 4.98 Å². The first-order valence-electron chi connectivity index (χ1n) is 6.51. The quantitative estimate of drug-likeness (QED) is 0.578. The van der Waals surface area contributed by atoms with Gasteiger partial charge in [-0.05, 0) is 42.7 Å². The summed E-state index contributed by atoms with van der Waals surface area (Å²) in [7, 11) is 0. The minimum Gasteiger partial charge on any atom is -0.373 e. The van der Waals surface area contributed by atoms with Crippen molar-refractivity contribution >= 4 is 17.4 Å². The molecule has 2 rings (SSSR count). The molecule has 2 aromatic rings. The second-order valence-corrected chi connectivity index (χ2v) is 4.88. The SMILES string of the molecule is O=C(COCCCc1ccncc1)c1cccc(Cl)c1. The Bertz CT molecular complexity index is 557. The fraction of sp³-hybridized carbons (Fsp3) is 0.250. The molecule has 0 radical (unpaired) electrons. The van der Waals surface area contributed by atoms with E-state index in [0.29, 0.717) is 17.2 Å². The van der Waals surface area contributed by atoms with Crippen molar-refractivity contribution in [2.75, 3.05) is 13.2 Å². The standard InChI is InChI=1S/C16H16ClNO2/c17-15-5-1-4-14(11-15)16(19)12-20-10-2-3-13-6-8-18-9-7-13/h1,4-9,11H,2-3,10,12H2. The Labute approximate surface area is 123 Å². The fourth-order valence-electron chi connectivity index (χ4n) is 1.84. The van der Waals surface area contributed by atoms with Crippen LogP contribution in [-0.2, 0) is 11.2 Å². The van der Waals surface area contributed by atoms with Gasteiger partial charge in [-0.3, -0.25) is 9.78 Å². The van der Waals surface area contributed by atoms with Crippen LogP contribution in [-0.4, -0.2) is 24.0 Å². The van der Waals surface area contributed by atoms with Gasteiger partial charge in [0.15, 0.2) is 5.78 Å². The lowest BCUT2D eigenvalue weighted by Gasteiger charge is -2.04. The lowest BCUT2D eigenvalue weighted by molar-refractivity contribution is 0.0756. The van der Waals surface area contributed by atoms with Crippen LogP contribution in [0.2, 0.25) is 5.02 Å². The van der Waals surface area contributed by atoms with E-state index < -0.39 is 0 Å². The van der Waals surface area contributed by atoms with E-state index in [1.165, 1.54) is 5.56 Å². The number of hydrogen-bond donors (Lipinski definition) is 0. The van der Waals surface area contributed by atoms with Crippen LogP contribution >= 0.6 is 11.6 Å². The van der Waals surface area contributed by atoms with Crippen molar-refractivity contribution in [1.29, 1.82) is 0 Å². The average molecular weight is 290 g/mol. The number of aryl methyl sites for hydroxylation is 1. The fourth-order valence-corrected chi connectivity index (χ4v) is 2.03. The Morgan fingerprint density at radius 2 is 2.00 bits per heavy atom. The highest BCUT2D eigenvalue weighted by Gasteiger charge is 2.06. The summed E-state index contributed by atoms with van der Waals surface area (Å²) in [4.78, 5) is 15.8. The van der Waals surface area contributed by atoms with E-state index in [9.17, 15) is 4.79 Å². The van der Waals surface area contributed by atoms with Crippen LogP contribution in [0.1, 0.15) is 22.3 Å². The molecule has 0 fully saturated rings. The number of carbonyl (C=O) groups excluding carboxylic acids is 1. The molecule has 0 unspecified atom stereocenters. The minimum atomic E-state index is -0.0450. The Morgan fingerprint density at radius 3 is 2.75 bits per heavy atom. The molecule has 0 N–H and O–H groups in total. The highest BCUT2D eigenvalue weighted by molar-refractivity contribution is 6.31. The van der Waals surface area contributed by atoms with E-state index in [-0.39, 0.29) is 12.4 Å². The van der Waals surface area contributed by atoms with Gasteiger partial charge in [-0.15, -0.1) is 0 Å². The summed E-state index contributed by atoms with van der Waals surface area (Å²) in [6, 6.07) is 10.9. The number of pyridine rings is 1. The molecule has 0 saturated carbocycles.